The molecule has 2 aliphatic heterocycles. The lowest BCUT2D eigenvalue weighted by Crippen LogP contribution is -2.52. The van der Waals surface area contributed by atoms with E-state index in [-0.39, 0.29) is 41.9 Å². The summed E-state index contributed by atoms with van der Waals surface area (Å²) in [6.45, 7) is 3.34. The van der Waals surface area contributed by atoms with Crippen molar-refractivity contribution < 1.29 is 18.8 Å². The van der Waals surface area contributed by atoms with Gasteiger partial charge < -0.3 is 5.32 Å². The van der Waals surface area contributed by atoms with Crippen LogP contribution in [0.25, 0.3) is 0 Å². The SMILES string of the molecule is O=C(CN1CCN(CN2C(=O)[C@H]3CCCC[C@H]3C2=O)CC1)Nc1cccc(F)c1. The lowest BCUT2D eigenvalue weighted by molar-refractivity contribution is -0.142. The zero-order chi connectivity index (χ0) is 20.4. The molecule has 0 bridgehead atoms. The maximum Gasteiger partial charge on any atom is 0.238 e. The Balaban J connectivity index is 1.24. The number of anilines is 1. The van der Waals surface area contributed by atoms with E-state index in [2.05, 4.69) is 10.2 Å². The summed E-state index contributed by atoms with van der Waals surface area (Å²) in [7, 11) is 0. The molecule has 1 aromatic carbocycles. The first-order chi connectivity index (χ1) is 14.0. The molecule has 3 fully saturated rings. The third-order valence-corrected chi connectivity index (χ3v) is 6.21. The maximum absolute atomic E-state index is 13.2. The molecular weight excluding hydrogens is 375 g/mol. The molecule has 1 aliphatic carbocycles. The number of fused-ring (bicyclic) bond motifs is 1. The second-order valence-corrected chi connectivity index (χ2v) is 8.20. The van der Waals surface area contributed by atoms with E-state index in [4.69, 9.17) is 0 Å². The molecule has 2 heterocycles. The molecule has 0 unspecified atom stereocenters. The summed E-state index contributed by atoms with van der Waals surface area (Å²) in [6, 6.07) is 5.83. The summed E-state index contributed by atoms with van der Waals surface area (Å²) in [4.78, 5) is 43.0. The van der Waals surface area contributed by atoms with E-state index in [1.807, 2.05) is 4.90 Å². The van der Waals surface area contributed by atoms with Crippen LogP contribution in [0.3, 0.4) is 0 Å². The van der Waals surface area contributed by atoms with E-state index in [0.717, 1.165) is 25.7 Å². The van der Waals surface area contributed by atoms with Crippen molar-refractivity contribution in [2.75, 3.05) is 44.7 Å². The summed E-state index contributed by atoms with van der Waals surface area (Å²) in [5.74, 6) is -0.790. The minimum absolute atomic E-state index is 0.00315. The van der Waals surface area contributed by atoms with Crippen LogP contribution >= 0.6 is 0 Å². The van der Waals surface area contributed by atoms with Crippen LogP contribution < -0.4 is 5.32 Å². The van der Waals surface area contributed by atoms with Gasteiger partial charge in [0.15, 0.2) is 0 Å². The van der Waals surface area contributed by atoms with Gasteiger partial charge in [0.2, 0.25) is 17.7 Å². The van der Waals surface area contributed by atoms with Crippen LogP contribution in [0.4, 0.5) is 10.1 Å². The van der Waals surface area contributed by atoms with Crippen LogP contribution in [0.5, 0.6) is 0 Å². The monoisotopic (exact) mass is 402 g/mol. The van der Waals surface area contributed by atoms with Gasteiger partial charge in [0.05, 0.1) is 25.0 Å². The van der Waals surface area contributed by atoms with Gasteiger partial charge >= 0.3 is 0 Å². The molecule has 2 saturated heterocycles. The largest absolute Gasteiger partial charge is 0.325 e. The van der Waals surface area contributed by atoms with Crippen molar-refractivity contribution in [3.63, 3.8) is 0 Å². The minimum atomic E-state index is -0.387. The van der Waals surface area contributed by atoms with Gasteiger partial charge in [-0.05, 0) is 31.0 Å². The first-order valence-corrected chi connectivity index (χ1v) is 10.4. The highest BCUT2D eigenvalue weighted by atomic mass is 19.1. The van der Waals surface area contributed by atoms with Gasteiger partial charge in [-0.3, -0.25) is 29.1 Å². The topological polar surface area (TPSA) is 73.0 Å². The van der Waals surface area contributed by atoms with Crippen molar-refractivity contribution in [3.8, 4) is 0 Å². The van der Waals surface area contributed by atoms with Crippen molar-refractivity contribution in [1.82, 2.24) is 14.7 Å². The fraction of sp³-hybridized carbons (Fsp3) is 0.571. The number of hydrogen-bond acceptors (Lipinski definition) is 5. The maximum atomic E-state index is 13.2. The summed E-state index contributed by atoms with van der Waals surface area (Å²) in [5.41, 5.74) is 0.446. The smallest absolute Gasteiger partial charge is 0.238 e. The first-order valence-electron chi connectivity index (χ1n) is 10.4. The lowest BCUT2D eigenvalue weighted by atomic mass is 9.81. The molecule has 8 heteroatoms. The standard InChI is InChI=1S/C21H27FN4O3/c22-15-4-3-5-16(12-15)23-19(27)13-24-8-10-25(11-9-24)14-26-20(28)17-6-1-2-7-18(17)21(26)29/h3-5,12,17-18H,1-2,6-11,13-14H2,(H,23,27)/t17-,18+. The minimum Gasteiger partial charge on any atom is -0.325 e. The summed E-state index contributed by atoms with van der Waals surface area (Å²) < 4.78 is 13.2. The molecule has 0 radical (unpaired) electrons. The molecule has 1 saturated carbocycles. The molecule has 0 aromatic heterocycles. The molecular formula is C21H27FN4O3. The molecule has 0 spiro atoms. The molecule has 156 valence electrons. The van der Waals surface area contributed by atoms with Crippen molar-refractivity contribution >= 4 is 23.4 Å². The highest BCUT2D eigenvalue weighted by molar-refractivity contribution is 6.05. The molecule has 3 amide bonds. The highest BCUT2D eigenvalue weighted by Gasteiger charge is 2.48. The zero-order valence-corrected chi connectivity index (χ0v) is 16.5. The van der Waals surface area contributed by atoms with Gasteiger partial charge in [-0.15, -0.1) is 0 Å². The zero-order valence-electron chi connectivity index (χ0n) is 16.5. The van der Waals surface area contributed by atoms with E-state index >= 15 is 0 Å². The van der Waals surface area contributed by atoms with Crippen LogP contribution in [0.2, 0.25) is 0 Å². The van der Waals surface area contributed by atoms with Crippen molar-refractivity contribution in [2.24, 2.45) is 11.8 Å². The number of halogens is 1. The molecule has 7 nitrogen and oxygen atoms in total. The van der Waals surface area contributed by atoms with E-state index < -0.39 is 0 Å². The Labute approximate surface area is 169 Å². The number of carbonyl (C=O) groups excluding carboxylic acids is 3. The number of carbonyl (C=O) groups is 3. The summed E-state index contributed by atoms with van der Waals surface area (Å²) >= 11 is 0. The van der Waals surface area contributed by atoms with Crippen LogP contribution in [0.15, 0.2) is 24.3 Å². The second kappa shape index (κ2) is 8.59. The Morgan fingerprint density at radius 2 is 1.62 bits per heavy atom. The van der Waals surface area contributed by atoms with Gasteiger partial charge in [0, 0.05) is 31.9 Å². The molecule has 29 heavy (non-hydrogen) atoms. The quantitative estimate of drug-likeness (QED) is 0.756. The van der Waals surface area contributed by atoms with Gasteiger partial charge in [0.1, 0.15) is 5.82 Å². The predicted octanol–water partition coefficient (Wildman–Crippen LogP) is 1.51. The van der Waals surface area contributed by atoms with Crippen molar-refractivity contribution in [2.45, 2.75) is 25.7 Å². The fourth-order valence-corrected chi connectivity index (χ4v) is 4.63. The number of amides is 3. The summed E-state index contributed by atoms with van der Waals surface area (Å²) in [6.07, 6.45) is 3.73. The van der Waals surface area contributed by atoms with Crippen LogP contribution in [0, 0.1) is 17.7 Å². The Morgan fingerprint density at radius 1 is 1.00 bits per heavy atom. The fourth-order valence-electron chi connectivity index (χ4n) is 4.63. The number of piperazine rings is 1. The average molecular weight is 402 g/mol. The Kier molecular flexibility index (Phi) is 5.91. The van der Waals surface area contributed by atoms with E-state index in [9.17, 15) is 18.8 Å². The molecule has 3 aliphatic rings. The van der Waals surface area contributed by atoms with E-state index in [1.165, 1.54) is 17.0 Å². The predicted molar refractivity (Wildman–Crippen MR) is 105 cm³/mol. The number of rotatable bonds is 5. The number of nitrogens with one attached hydrogen (secondary N) is 1. The average Bonchev–Trinajstić information content (AvgIpc) is 2.94. The summed E-state index contributed by atoms with van der Waals surface area (Å²) in [5, 5.41) is 2.71. The van der Waals surface area contributed by atoms with Crippen molar-refractivity contribution in [3.05, 3.63) is 30.1 Å². The van der Waals surface area contributed by atoms with Gasteiger partial charge in [-0.1, -0.05) is 18.9 Å². The van der Waals surface area contributed by atoms with Gasteiger partial charge in [0.25, 0.3) is 0 Å². The highest BCUT2D eigenvalue weighted by Crippen LogP contribution is 2.38. The van der Waals surface area contributed by atoms with E-state index in [1.54, 1.807) is 12.1 Å². The molecule has 2 atom stereocenters. The second-order valence-electron chi connectivity index (χ2n) is 8.20. The number of imide groups is 1. The Bertz CT molecular complexity index is 770. The van der Waals surface area contributed by atoms with Gasteiger partial charge in [-0.2, -0.15) is 0 Å². The van der Waals surface area contributed by atoms with E-state index in [0.29, 0.717) is 38.5 Å². The van der Waals surface area contributed by atoms with Crippen molar-refractivity contribution in [1.29, 1.82) is 0 Å². The first kappa shape index (κ1) is 20.0. The van der Waals surface area contributed by atoms with Crippen LogP contribution in [-0.2, 0) is 14.4 Å². The number of nitrogens with zero attached hydrogens (tertiary/aromatic N) is 3. The van der Waals surface area contributed by atoms with Crippen LogP contribution in [0.1, 0.15) is 25.7 Å². The Morgan fingerprint density at radius 3 is 2.24 bits per heavy atom. The number of benzene rings is 1. The van der Waals surface area contributed by atoms with Gasteiger partial charge in [-0.25, -0.2) is 4.39 Å². The third kappa shape index (κ3) is 4.48. The molecule has 1 aromatic rings. The normalized spacial score (nSPS) is 25.9. The number of hydrogen-bond donors (Lipinski definition) is 1. The lowest BCUT2D eigenvalue weighted by Gasteiger charge is -2.35. The molecule has 4 rings (SSSR count). The van der Waals surface area contributed by atoms with Crippen LogP contribution in [-0.4, -0.2) is 71.8 Å². The Hall–Kier alpha value is -2.32. The third-order valence-electron chi connectivity index (χ3n) is 6.21. The molecule has 1 N–H and O–H groups in total. The number of likely N-dealkylation sites (tertiary alicyclic amines) is 1.